The standard InChI is InChI=1S/C13H12BrFN2O3/c14-9-4-8-11(5-10(9)15)16-13(19)17(12(8)18)6-7-2-1-3-20-7/h4-5,7H,1-3,6H2,(H,16,19)/t7-/m0/s1. The molecule has 1 fully saturated rings. The lowest BCUT2D eigenvalue weighted by molar-refractivity contribution is 0.0952. The summed E-state index contributed by atoms with van der Waals surface area (Å²) in [5.41, 5.74) is -0.774. The van der Waals surface area contributed by atoms with Crippen LogP contribution in [0.5, 0.6) is 0 Å². The van der Waals surface area contributed by atoms with Gasteiger partial charge in [-0.25, -0.2) is 9.18 Å². The van der Waals surface area contributed by atoms with Crippen LogP contribution in [-0.4, -0.2) is 22.3 Å². The third kappa shape index (κ3) is 2.31. The van der Waals surface area contributed by atoms with E-state index in [0.717, 1.165) is 23.5 Å². The van der Waals surface area contributed by atoms with Crippen LogP contribution in [0.3, 0.4) is 0 Å². The van der Waals surface area contributed by atoms with Crippen LogP contribution in [0.4, 0.5) is 4.39 Å². The van der Waals surface area contributed by atoms with E-state index in [4.69, 9.17) is 4.74 Å². The van der Waals surface area contributed by atoms with Gasteiger partial charge in [0.15, 0.2) is 0 Å². The van der Waals surface area contributed by atoms with E-state index in [0.29, 0.717) is 6.61 Å². The molecule has 1 aliphatic rings. The summed E-state index contributed by atoms with van der Waals surface area (Å²) in [5, 5.41) is 0.274. The molecule has 5 nitrogen and oxygen atoms in total. The number of nitrogens with one attached hydrogen (secondary N) is 1. The van der Waals surface area contributed by atoms with E-state index in [1.165, 1.54) is 6.07 Å². The van der Waals surface area contributed by atoms with Crippen molar-refractivity contribution in [1.29, 1.82) is 0 Å². The van der Waals surface area contributed by atoms with E-state index >= 15 is 0 Å². The van der Waals surface area contributed by atoms with Gasteiger partial charge in [0.25, 0.3) is 5.56 Å². The molecule has 1 saturated heterocycles. The second-order valence-electron chi connectivity index (χ2n) is 4.79. The Morgan fingerprint density at radius 3 is 2.95 bits per heavy atom. The van der Waals surface area contributed by atoms with Crippen molar-refractivity contribution in [1.82, 2.24) is 9.55 Å². The molecule has 1 aromatic heterocycles. The van der Waals surface area contributed by atoms with Crippen molar-refractivity contribution >= 4 is 26.8 Å². The molecule has 0 saturated carbocycles. The minimum Gasteiger partial charge on any atom is -0.376 e. The van der Waals surface area contributed by atoms with Gasteiger partial charge in [-0.2, -0.15) is 0 Å². The van der Waals surface area contributed by atoms with Crippen molar-refractivity contribution in [3.63, 3.8) is 0 Å². The fourth-order valence-corrected chi connectivity index (χ4v) is 2.75. The highest BCUT2D eigenvalue weighted by Crippen LogP contribution is 2.19. The molecular weight excluding hydrogens is 331 g/mol. The highest BCUT2D eigenvalue weighted by atomic mass is 79.9. The molecule has 0 unspecified atom stereocenters. The highest BCUT2D eigenvalue weighted by Gasteiger charge is 2.19. The van der Waals surface area contributed by atoms with Gasteiger partial charge >= 0.3 is 5.69 Å². The van der Waals surface area contributed by atoms with Gasteiger partial charge in [0, 0.05) is 6.61 Å². The number of H-pyrrole nitrogens is 1. The van der Waals surface area contributed by atoms with Crippen LogP contribution in [-0.2, 0) is 11.3 Å². The Balaban J connectivity index is 2.15. The Hall–Kier alpha value is -1.47. The zero-order valence-corrected chi connectivity index (χ0v) is 12.1. The highest BCUT2D eigenvalue weighted by molar-refractivity contribution is 9.10. The molecule has 20 heavy (non-hydrogen) atoms. The first-order valence-corrected chi connectivity index (χ1v) is 7.09. The quantitative estimate of drug-likeness (QED) is 0.904. The number of aromatic amines is 1. The molecule has 3 rings (SSSR count). The van der Waals surface area contributed by atoms with E-state index in [1.54, 1.807) is 0 Å². The maximum Gasteiger partial charge on any atom is 0.328 e. The minimum absolute atomic E-state index is 0.116. The summed E-state index contributed by atoms with van der Waals surface area (Å²) in [6, 6.07) is 2.52. The largest absolute Gasteiger partial charge is 0.376 e. The predicted octanol–water partition coefficient (Wildman–Crippen LogP) is 1.77. The molecule has 0 aliphatic carbocycles. The Kier molecular flexibility index (Phi) is 3.47. The zero-order chi connectivity index (χ0) is 14.3. The molecule has 106 valence electrons. The lowest BCUT2D eigenvalue weighted by Gasteiger charge is -2.11. The SMILES string of the molecule is O=c1[nH]c2cc(F)c(Br)cc2c(=O)n1C[C@@H]1CCCO1. The predicted molar refractivity (Wildman–Crippen MR) is 75.5 cm³/mol. The molecule has 0 radical (unpaired) electrons. The summed E-state index contributed by atoms with van der Waals surface area (Å²) < 4.78 is 20.2. The monoisotopic (exact) mass is 342 g/mol. The van der Waals surface area contributed by atoms with Crippen molar-refractivity contribution in [2.24, 2.45) is 0 Å². The third-order valence-electron chi connectivity index (χ3n) is 3.43. The van der Waals surface area contributed by atoms with E-state index in [-0.39, 0.29) is 28.0 Å². The summed E-state index contributed by atoms with van der Waals surface area (Å²) in [5.74, 6) is -0.524. The maximum absolute atomic E-state index is 13.4. The van der Waals surface area contributed by atoms with Crippen LogP contribution in [0.15, 0.2) is 26.2 Å². The number of hydrogen-bond acceptors (Lipinski definition) is 3. The summed E-state index contributed by atoms with van der Waals surface area (Å²) in [6.45, 7) is 0.876. The van der Waals surface area contributed by atoms with Gasteiger partial charge < -0.3 is 9.72 Å². The number of benzene rings is 1. The van der Waals surface area contributed by atoms with Crippen molar-refractivity contribution < 1.29 is 9.13 Å². The number of aromatic nitrogens is 2. The smallest absolute Gasteiger partial charge is 0.328 e. The summed E-state index contributed by atoms with van der Waals surface area (Å²) >= 11 is 3.04. The normalized spacial score (nSPS) is 18.8. The van der Waals surface area contributed by atoms with Gasteiger partial charge in [0.1, 0.15) is 5.82 Å². The number of fused-ring (bicyclic) bond motifs is 1. The maximum atomic E-state index is 13.4. The summed E-state index contributed by atoms with van der Waals surface area (Å²) in [4.78, 5) is 26.8. The van der Waals surface area contributed by atoms with Gasteiger partial charge in [-0.1, -0.05) is 0 Å². The van der Waals surface area contributed by atoms with E-state index in [1.807, 2.05) is 0 Å². The fourth-order valence-electron chi connectivity index (χ4n) is 2.41. The average molecular weight is 343 g/mol. The number of nitrogens with zero attached hydrogens (tertiary/aromatic N) is 1. The van der Waals surface area contributed by atoms with Crippen molar-refractivity contribution in [2.45, 2.75) is 25.5 Å². The van der Waals surface area contributed by atoms with Crippen LogP contribution < -0.4 is 11.2 Å². The van der Waals surface area contributed by atoms with Crippen molar-refractivity contribution in [2.75, 3.05) is 6.61 Å². The molecule has 2 aromatic rings. The average Bonchev–Trinajstić information content (AvgIpc) is 2.90. The molecule has 0 spiro atoms. The lowest BCUT2D eigenvalue weighted by atomic mass is 10.2. The Bertz CT molecular complexity index is 778. The third-order valence-corrected chi connectivity index (χ3v) is 4.04. The fraction of sp³-hybridized carbons (Fsp3) is 0.385. The van der Waals surface area contributed by atoms with Crippen LogP contribution in [0, 0.1) is 5.82 Å². The van der Waals surface area contributed by atoms with Gasteiger partial charge in [-0.15, -0.1) is 0 Å². The van der Waals surface area contributed by atoms with E-state index < -0.39 is 17.1 Å². The second-order valence-corrected chi connectivity index (χ2v) is 5.65. The van der Waals surface area contributed by atoms with Gasteiger partial charge in [-0.3, -0.25) is 9.36 Å². The molecule has 1 aliphatic heterocycles. The molecule has 0 amide bonds. The van der Waals surface area contributed by atoms with E-state index in [9.17, 15) is 14.0 Å². The first kappa shape index (κ1) is 13.5. The molecule has 2 heterocycles. The summed E-state index contributed by atoms with van der Waals surface area (Å²) in [6.07, 6.45) is 1.65. The zero-order valence-electron chi connectivity index (χ0n) is 10.5. The van der Waals surface area contributed by atoms with Gasteiger partial charge in [0.2, 0.25) is 0 Å². The lowest BCUT2D eigenvalue weighted by Crippen LogP contribution is -2.38. The molecule has 7 heteroatoms. The number of rotatable bonds is 2. The molecular formula is C13H12BrFN2O3. The van der Waals surface area contributed by atoms with Crippen molar-refractivity contribution in [3.8, 4) is 0 Å². The Labute approximate surface area is 121 Å². The minimum atomic E-state index is -0.542. The molecule has 1 atom stereocenters. The van der Waals surface area contributed by atoms with Crippen LogP contribution >= 0.6 is 15.9 Å². The number of hydrogen-bond donors (Lipinski definition) is 1. The second kappa shape index (κ2) is 5.14. The number of halogens is 2. The summed E-state index contributed by atoms with van der Waals surface area (Å²) in [7, 11) is 0. The first-order valence-electron chi connectivity index (χ1n) is 6.30. The van der Waals surface area contributed by atoms with Crippen LogP contribution in [0.1, 0.15) is 12.8 Å². The Morgan fingerprint density at radius 2 is 2.25 bits per heavy atom. The molecule has 1 N–H and O–H groups in total. The van der Waals surface area contributed by atoms with Crippen molar-refractivity contribution in [3.05, 3.63) is 43.3 Å². The molecule has 0 bridgehead atoms. The number of ether oxygens (including phenoxy) is 1. The molecule has 1 aromatic carbocycles. The topological polar surface area (TPSA) is 64.1 Å². The van der Waals surface area contributed by atoms with E-state index in [2.05, 4.69) is 20.9 Å². The van der Waals surface area contributed by atoms with Crippen LogP contribution in [0.2, 0.25) is 0 Å². The van der Waals surface area contributed by atoms with Gasteiger partial charge in [0.05, 0.1) is 28.0 Å². The van der Waals surface area contributed by atoms with Gasteiger partial charge in [-0.05, 0) is 40.9 Å². The first-order chi connectivity index (χ1) is 9.56. The van der Waals surface area contributed by atoms with Crippen LogP contribution in [0.25, 0.3) is 10.9 Å². The Morgan fingerprint density at radius 1 is 1.45 bits per heavy atom.